The van der Waals surface area contributed by atoms with Crippen molar-refractivity contribution >= 4 is 11.6 Å². The average molecular weight is 346 g/mol. The van der Waals surface area contributed by atoms with Crippen LogP contribution >= 0.6 is 0 Å². The van der Waals surface area contributed by atoms with Crippen LogP contribution < -0.4 is 5.32 Å². The Kier molecular flexibility index (Phi) is 4.57. The number of nitrogens with zero attached hydrogens (tertiary/aromatic N) is 5. The number of hydrogen-bond donors (Lipinski definition) is 1. The smallest absolute Gasteiger partial charge is 0.366 e. The Balaban J connectivity index is 1.87. The molecule has 3 heterocycles. The van der Waals surface area contributed by atoms with E-state index in [9.17, 15) is 17.6 Å². The molecular formula is C14H18F4N6. The number of piperidine rings is 1. The Morgan fingerprint density at radius 1 is 1.33 bits per heavy atom. The topological polar surface area (TPSA) is 58.4 Å². The van der Waals surface area contributed by atoms with Gasteiger partial charge >= 0.3 is 6.18 Å². The number of halogens is 4. The molecule has 1 atom stereocenters. The van der Waals surface area contributed by atoms with E-state index in [2.05, 4.69) is 20.4 Å². The summed E-state index contributed by atoms with van der Waals surface area (Å²) in [5.74, 6) is -0.903. The lowest BCUT2D eigenvalue weighted by molar-refractivity contribution is -0.144. The van der Waals surface area contributed by atoms with Gasteiger partial charge in [-0.1, -0.05) is 0 Å². The zero-order chi connectivity index (χ0) is 17.3. The molecule has 1 saturated heterocycles. The summed E-state index contributed by atoms with van der Waals surface area (Å²) in [7, 11) is 0. The van der Waals surface area contributed by atoms with E-state index in [4.69, 9.17) is 0 Å². The summed E-state index contributed by atoms with van der Waals surface area (Å²) in [6.07, 6.45) is -2.87. The second-order valence-electron chi connectivity index (χ2n) is 5.90. The summed E-state index contributed by atoms with van der Waals surface area (Å²) < 4.78 is 52.1. The van der Waals surface area contributed by atoms with Gasteiger partial charge in [0.1, 0.15) is 12.5 Å². The summed E-state index contributed by atoms with van der Waals surface area (Å²) >= 11 is 0. The normalized spacial score (nSPS) is 19.8. The summed E-state index contributed by atoms with van der Waals surface area (Å²) in [4.78, 5) is 9.45. The van der Waals surface area contributed by atoms with Crippen LogP contribution in [0.5, 0.6) is 0 Å². The molecule has 1 aliphatic rings. The average Bonchev–Trinajstić information content (AvgIpc) is 2.92. The van der Waals surface area contributed by atoms with Gasteiger partial charge in [0.25, 0.3) is 11.6 Å². The van der Waals surface area contributed by atoms with E-state index in [-0.39, 0.29) is 11.8 Å². The number of anilines is 1. The third kappa shape index (κ3) is 3.58. The number of aromatic nitrogens is 4. The maximum absolute atomic E-state index is 12.8. The zero-order valence-electron chi connectivity index (χ0n) is 13.1. The molecule has 24 heavy (non-hydrogen) atoms. The van der Waals surface area contributed by atoms with Gasteiger partial charge in [-0.2, -0.15) is 22.7 Å². The van der Waals surface area contributed by atoms with Crippen molar-refractivity contribution in [3.05, 3.63) is 17.6 Å². The highest BCUT2D eigenvalue weighted by atomic mass is 19.4. The number of fused-ring (bicyclic) bond motifs is 1. The fraction of sp³-hybridized carbons (Fsp3) is 0.643. The van der Waals surface area contributed by atoms with E-state index in [1.54, 1.807) is 13.0 Å². The Labute approximate surface area is 135 Å². The van der Waals surface area contributed by atoms with Gasteiger partial charge in [-0.05, 0) is 26.3 Å². The molecule has 6 nitrogen and oxygen atoms in total. The molecule has 0 aliphatic carbocycles. The van der Waals surface area contributed by atoms with Gasteiger partial charge in [0.15, 0.2) is 0 Å². The minimum Gasteiger partial charge on any atom is -0.366 e. The van der Waals surface area contributed by atoms with E-state index < -0.39 is 18.7 Å². The van der Waals surface area contributed by atoms with Crippen LogP contribution in [0.15, 0.2) is 6.07 Å². The maximum atomic E-state index is 12.8. The third-order valence-electron chi connectivity index (χ3n) is 3.95. The molecule has 0 aromatic carbocycles. The monoisotopic (exact) mass is 346 g/mol. The number of alkyl halides is 4. The van der Waals surface area contributed by atoms with Gasteiger partial charge in [-0.3, -0.25) is 4.90 Å². The first kappa shape index (κ1) is 16.9. The summed E-state index contributed by atoms with van der Waals surface area (Å²) in [6.45, 7) is 3.10. The summed E-state index contributed by atoms with van der Waals surface area (Å²) in [5, 5.41) is 6.73. The number of likely N-dealkylation sites (tertiary alicyclic amines) is 1. The van der Waals surface area contributed by atoms with Crippen LogP contribution in [0, 0.1) is 6.92 Å². The van der Waals surface area contributed by atoms with Gasteiger partial charge in [0, 0.05) is 30.9 Å². The van der Waals surface area contributed by atoms with Crippen molar-refractivity contribution in [2.24, 2.45) is 0 Å². The van der Waals surface area contributed by atoms with Gasteiger partial charge < -0.3 is 5.32 Å². The second-order valence-corrected chi connectivity index (χ2v) is 5.90. The van der Waals surface area contributed by atoms with Crippen molar-refractivity contribution in [2.45, 2.75) is 32.0 Å². The fourth-order valence-corrected chi connectivity index (χ4v) is 2.91. The van der Waals surface area contributed by atoms with Crippen LogP contribution in [0.25, 0.3) is 5.78 Å². The Hall–Kier alpha value is -1.97. The molecule has 0 spiro atoms. The summed E-state index contributed by atoms with van der Waals surface area (Å²) in [6, 6.07) is 1.64. The van der Waals surface area contributed by atoms with Gasteiger partial charge in [0.05, 0.1) is 0 Å². The molecule has 1 fully saturated rings. The predicted molar refractivity (Wildman–Crippen MR) is 79.6 cm³/mol. The van der Waals surface area contributed by atoms with Crippen LogP contribution in [0.2, 0.25) is 0 Å². The largest absolute Gasteiger partial charge is 0.453 e. The third-order valence-corrected chi connectivity index (χ3v) is 3.95. The maximum Gasteiger partial charge on any atom is 0.453 e. The van der Waals surface area contributed by atoms with Crippen molar-refractivity contribution in [1.29, 1.82) is 0 Å². The van der Waals surface area contributed by atoms with Crippen molar-refractivity contribution < 1.29 is 17.6 Å². The molecule has 1 unspecified atom stereocenters. The quantitative estimate of drug-likeness (QED) is 0.861. The highest BCUT2D eigenvalue weighted by molar-refractivity contribution is 5.46. The Morgan fingerprint density at radius 2 is 2.12 bits per heavy atom. The molecule has 10 heteroatoms. The van der Waals surface area contributed by atoms with Gasteiger partial charge in [0.2, 0.25) is 0 Å². The van der Waals surface area contributed by atoms with Crippen molar-refractivity contribution in [3.8, 4) is 0 Å². The van der Waals surface area contributed by atoms with E-state index in [0.717, 1.165) is 23.9 Å². The first-order valence-electron chi connectivity index (χ1n) is 7.73. The lowest BCUT2D eigenvalue weighted by atomic mass is 10.1. The molecule has 1 N–H and O–H groups in total. The SMILES string of the molecule is Cc1cc(NC2CCCN(CCF)C2)n2nc(C(F)(F)F)nc2n1. The highest BCUT2D eigenvalue weighted by Crippen LogP contribution is 2.27. The van der Waals surface area contributed by atoms with E-state index >= 15 is 0 Å². The number of rotatable bonds is 4. The zero-order valence-corrected chi connectivity index (χ0v) is 13.1. The minimum absolute atomic E-state index is 0.00818. The molecule has 0 amide bonds. The molecule has 2 aromatic rings. The van der Waals surface area contributed by atoms with Gasteiger partial charge in [-0.25, -0.2) is 9.37 Å². The van der Waals surface area contributed by atoms with Crippen molar-refractivity contribution in [1.82, 2.24) is 24.5 Å². The van der Waals surface area contributed by atoms with Crippen molar-refractivity contribution in [3.63, 3.8) is 0 Å². The molecule has 2 aromatic heterocycles. The predicted octanol–water partition coefficient (Wildman–Crippen LogP) is 2.30. The number of hydrogen-bond acceptors (Lipinski definition) is 5. The molecule has 1 aliphatic heterocycles. The van der Waals surface area contributed by atoms with Crippen molar-refractivity contribution in [2.75, 3.05) is 31.6 Å². The van der Waals surface area contributed by atoms with E-state index in [0.29, 0.717) is 24.6 Å². The van der Waals surface area contributed by atoms with Crippen LogP contribution in [0.1, 0.15) is 24.4 Å². The van der Waals surface area contributed by atoms with Gasteiger partial charge in [-0.15, -0.1) is 5.10 Å². The summed E-state index contributed by atoms with van der Waals surface area (Å²) in [5.41, 5.74) is 0.544. The minimum atomic E-state index is -4.62. The molecule has 3 rings (SSSR count). The lowest BCUT2D eigenvalue weighted by Crippen LogP contribution is -2.43. The fourth-order valence-electron chi connectivity index (χ4n) is 2.91. The molecule has 0 radical (unpaired) electrons. The van der Waals surface area contributed by atoms with E-state index in [1.165, 1.54) is 0 Å². The molecule has 0 bridgehead atoms. The Morgan fingerprint density at radius 3 is 2.83 bits per heavy atom. The highest BCUT2D eigenvalue weighted by Gasteiger charge is 2.37. The Bertz CT molecular complexity index is 711. The first-order chi connectivity index (χ1) is 11.4. The molecule has 132 valence electrons. The second kappa shape index (κ2) is 6.50. The molecule has 0 saturated carbocycles. The number of aryl methyl sites for hydroxylation is 1. The van der Waals surface area contributed by atoms with Crippen LogP contribution in [-0.4, -0.2) is 56.8 Å². The van der Waals surface area contributed by atoms with Crippen LogP contribution in [0.4, 0.5) is 23.4 Å². The van der Waals surface area contributed by atoms with E-state index in [1.807, 2.05) is 4.90 Å². The lowest BCUT2D eigenvalue weighted by Gasteiger charge is -2.32. The number of nitrogens with one attached hydrogen (secondary N) is 1. The standard InChI is InChI=1S/C14H18F4N6/c1-9-7-11(20-10-3-2-5-23(8-10)6-4-15)24-13(19-9)21-12(22-24)14(16,17)18/h7,10,20H,2-6,8H2,1H3. The molecular weight excluding hydrogens is 328 g/mol. The van der Waals surface area contributed by atoms with Crippen LogP contribution in [0.3, 0.4) is 0 Å². The first-order valence-corrected chi connectivity index (χ1v) is 7.73. The van der Waals surface area contributed by atoms with Crippen LogP contribution in [-0.2, 0) is 6.18 Å².